The zero-order valence-corrected chi connectivity index (χ0v) is 19.5. The Hall–Kier alpha value is -2.18. The molecule has 1 aromatic carbocycles. The molecule has 2 rings (SSSR count). The van der Waals surface area contributed by atoms with Crippen LogP contribution in [0.15, 0.2) is 29.2 Å². The zero-order valence-electron chi connectivity index (χ0n) is 18.7. The van der Waals surface area contributed by atoms with E-state index in [0.717, 1.165) is 44.2 Å². The van der Waals surface area contributed by atoms with E-state index < -0.39 is 33.7 Å². The van der Waals surface area contributed by atoms with Gasteiger partial charge in [0.1, 0.15) is 0 Å². The molecule has 0 aliphatic carbocycles. The Balaban J connectivity index is 0.000000675. The minimum absolute atomic E-state index is 0.190. The standard InChI is InChI=1S/C19H30N2O4S.C2HF3O2/c1-3-4-5-7-16-8-10-17(11-9-16)26(24,25)20-19(14-18(22)23)12-6-13-21(2)15-19;3-2(4,5)1(6)7/h8-11,20H,3-7,12-15H2,1-2H3,(H,22,23);(H,6,7). The summed E-state index contributed by atoms with van der Waals surface area (Å²) < 4.78 is 60.1. The van der Waals surface area contributed by atoms with Crippen molar-refractivity contribution in [1.82, 2.24) is 9.62 Å². The Morgan fingerprint density at radius 2 is 1.73 bits per heavy atom. The van der Waals surface area contributed by atoms with Crippen LogP contribution in [0.2, 0.25) is 0 Å². The van der Waals surface area contributed by atoms with Crippen molar-refractivity contribution in [2.24, 2.45) is 0 Å². The molecule has 1 aliphatic heterocycles. The Kier molecular flexibility index (Phi) is 10.8. The number of carbonyl (C=O) groups is 2. The SMILES string of the molecule is CCCCCc1ccc(S(=O)(=O)NC2(CC(=O)O)CCCN(C)C2)cc1.O=C(O)C(F)(F)F. The predicted octanol–water partition coefficient (Wildman–Crippen LogP) is 3.27. The molecule has 1 aromatic rings. The summed E-state index contributed by atoms with van der Waals surface area (Å²) in [7, 11) is -1.89. The van der Waals surface area contributed by atoms with Crippen molar-refractivity contribution in [3.05, 3.63) is 29.8 Å². The van der Waals surface area contributed by atoms with Gasteiger partial charge in [-0.25, -0.2) is 17.9 Å². The number of likely N-dealkylation sites (tertiary alicyclic amines) is 1. The molecule has 1 atom stereocenters. The lowest BCUT2D eigenvalue weighted by Crippen LogP contribution is -2.58. The van der Waals surface area contributed by atoms with Crippen LogP contribution in [-0.4, -0.2) is 67.3 Å². The average Bonchev–Trinajstić information content (AvgIpc) is 2.67. The summed E-state index contributed by atoms with van der Waals surface area (Å²) in [6, 6.07) is 6.93. The van der Waals surface area contributed by atoms with Crippen molar-refractivity contribution in [3.8, 4) is 0 Å². The van der Waals surface area contributed by atoms with Crippen molar-refractivity contribution in [3.63, 3.8) is 0 Å². The highest BCUT2D eigenvalue weighted by molar-refractivity contribution is 7.89. The molecule has 0 spiro atoms. The Labute approximate surface area is 191 Å². The van der Waals surface area contributed by atoms with Gasteiger partial charge in [0.15, 0.2) is 0 Å². The molecule has 3 N–H and O–H groups in total. The van der Waals surface area contributed by atoms with E-state index in [1.54, 1.807) is 12.1 Å². The number of benzene rings is 1. The van der Waals surface area contributed by atoms with E-state index in [4.69, 9.17) is 9.90 Å². The first kappa shape index (κ1) is 28.9. The summed E-state index contributed by atoms with van der Waals surface area (Å²) in [6.07, 6.45) is 0.333. The summed E-state index contributed by atoms with van der Waals surface area (Å²) in [5.74, 6) is -3.75. The number of rotatable bonds is 9. The van der Waals surface area contributed by atoms with E-state index in [-0.39, 0.29) is 11.3 Å². The average molecular weight is 497 g/mol. The van der Waals surface area contributed by atoms with Gasteiger partial charge in [0.25, 0.3) is 0 Å². The van der Waals surface area contributed by atoms with Gasteiger partial charge in [-0.3, -0.25) is 4.79 Å². The van der Waals surface area contributed by atoms with Crippen LogP contribution in [0, 0.1) is 0 Å². The largest absolute Gasteiger partial charge is 0.490 e. The smallest absolute Gasteiger partial charge is 0.481 e. The van der Waals surface area contributed by atoms with E-state index >= 15 is 0 Å². The number of aryl methyl sites for hydroxylation is 1. The number of nitrogens with zero attached hydrogens (tertiary/aromatic N) is 1. The second kappa shape index (κ2) is 12.3. The number of carboxylic acids is 2. The molecule has 1 unspecified atom stereocenters. The molecule has 0 amide bonds. The number of sulfonamides is 1. The van der Waals surface area contributed by atoms with Crippen LogP contribution < -0.4 is 4.72 Å². The fourth-order valence-electron chi connectivity index (χ4n) is 3.67. The molecule has 33 heavy (non-hydrogen) atoms. The first-order valence-electron chi connectivity index (χ1n) is 10.5. The molecule has 1 saturated heterocycles. The van der Waals surface area contributed by atoms with Crippen LogP contribution in [-0.2, 0) is 26.0 Å². The van der Waals surface area contributed by atoms with Crippen LogP contribution >= 0.6 is 0 Å². The first-order valence-corrected chi connectivity index (χ1v) is 12.0. The Bertz CT molecular complexity index is 890. The lowest BCUT2D eigenvalue weighted by molar-refractivity contribution is -0.192. The van der Waals surface area contributed by atoms with Gasteiger partial charge in [-0.15, -0.1) is 0 Å². The second-order valence-corrected chi connectivity index (χ2v) is 9.88. The maximum atomic E-state index is 12.8. The van der Waals surface area contributed by atoms with Gasteiger partial charge in [0.2, 0.25) is 10.0 Å². The molecule has 8 nitrogen and oxygen atoms in total. The Morgan fingerprint density at radius 1 is 1.15 bits per heavy atom. The monoisotopic (exact) mass is 496 g/mol. The van der Waals surface area contributed by atoms with Crippen molar-refractivity contribution < 1.29 is 41.4 Å². The van der Waals surface area contributed by atoms with Gasteiger partial charge in [0.05, 0.1) is 16.9 Å². The van der Waals surface area contributed by atoms with Crippen LogP contribution in [0.1, 0.15) is 51.0 Å². The highest BCUT2D eigenvalue weighted by atomic mass is 32.2. The van der Waals surface area contributed by atoms with E-state index in [1.165, 1.54) is 0 Å². The summed E-state index contributed by atoms with van der Waals surface area (Å²) >= 11 is 0. The second-order valence-electron chi connectivity index (χ2n) is 8.20. The topological polar surface area (TPSA) is 124 Å². The number of nitrogens with one attached hydrogen (secondary N) is 1. The molecule has 12 heteroatoms. The van der Waals surface area contributed by atoms with E-state index in [2.05, 4.69) is 11.6 Å². The number of carboxylic acid groups (broad SMARTS) is 2. The maximum Gasteiger partial charge on any atom is 0.490 e. The number of aliphatic carboxylic acids is 2. The molecular weight excluding hydrogens is 465 g/mol. The summed E-state index contributed by atoms with van der Waals surface area (Å²) in [6.45, 7) is 3.39. The fourth-order valence-corrected chi connectivity index (χ4v) is 5.09. The number of piperidine rings is 1. The number of alkyl halides is 3. The van der Waals surface area contributed by atoms with Gasteiger partial charge in [-0.2, -0.15) is 13.2 Å². The fraction of sp³-hybridized carbons (Fsp3) is 0.619. The third-order valence-corrected chi connectivity index (χ3v) is 6.75. The van der Waals surface area contributed by atoms with Crippen LogP contribution in [0.3, 0.4) is 0 Å². The van der Waals surface area contributed by atoms with Crippen LogP contribution in [0.5, 0.6) is 0 Å². The Morgan fingerprint density at radius 3 is 2.18 bits per heavy atom. The van der Waals surface area contributed by atoms with Gasteiger partial charge in [-0.05, 0) is 57.0 Å². The van der Waals surface area contributed by atoms with Crippen molar-refractivity contribution >= 4 is 22.0 Å². The zero-order chi connectivity index (χ0) is 25.3. The van der Waals surface area contributed by atoms with Gasteiger partial charge < -0.3 is 15.1 Å². The predicted molar refractivity (Wildman–Crippen MR) is 115 cm³/mol. The van der Waals surface area contributed by atoms with E-state index in [9.17, 15) is 31.5 Å². The van der Waals surface area contributed by atoms with Crippen molar-refractivity contribution in [2.45, 2.75) is 68.5 Å². The third-order valence-electron chi connectivity index (χ3n) is 5.15. The van der Waals surface area contributed by atoms with Crippen LogP contribution in [0.4, 0.5) is 13.2 Å². The van der Waals surface area contributed by atoms with Gasteiger partial charge >= 0.3 is 18.1 Å². The number of halogens is 3. The molecular formula is C21H31F3N2O6S. The molecule has 0 radical (unpaired) electrons. The molecule has 0 aromatic heterocycles. The van der Waals surface area contributed by atoms with Crippen molar-refractivity contribution in [2.75, 3.05) is 20.1 Å². The quantitative estimate of drug-likeness (QED) is 0.448. The highest BCUT2D eigenvalue weighted by Crippen LogP contribution is 2.27. The third kappa shape index (κ3) is 10.1. The highest BCUT2D eigenvalue weighted by Gasteiger charge is 2.40. The number of unbranched alkanes of at least 4 members (excludes halogenated alkanes) is 2. The lowest BCUT2D eigenvalue weighted by atomic mass is 9.87. The lowest BCUT2D eigenvalue weighted by Gasteiger charge is -2.40. The van der Waals surface area contributed by atoms with Crippen molar-refractivity contribution in [1.29, 1.82) is 0 Å². The van der Waals surface area contributed by atoms with Gasteiger partial charge in [-0.1, -0.05) is 31.9 Å². The minimum atomic E-state index is -5.08. The molecule has 1 aliphatic rings. The molecule has 1 heterocycles. The molecule has 188 valence electrons. The van der Waals surface area contributed by atoms with E-state index in [0.29, 0.717) is 13.0 Å². The normalized spacial score (nSPS) is 19.4. The maximum absolute atomic E-state index is 12.8. The number of hydrogen-bond acceptors (Lipinski definition) is 5. The summed E-state index contributed by atoms with van der Waals surface area (Å²) in [5.41, 5.74) is 0.160. The van der Waals surface area contributed by atoms with E-state index in [1.807, 2.05) is 24.1 Å². The molecule has 0 bridgehead atoms. The number of likely N-dealkylation sites (N-methyl/N-ethyl adjacent to an activating group) is 1. The molecule has 0 saturated carbocycles. The summed E-state index contributed by atoms with van der Waals surface area (Å²) in [4.78, 5) is 22.4. The number of hydrogen-bond donors (Lipinski definition) is 3. The van der Waals surface area contributed by atoms with Crippen LogP contribution in [0.25, 0.3) is 0 Å². The summed E-state index contributed by atoms with van der Waals surface area (Å²) in [5, 5.41) is 16.4. The minimum Gasteiger partial charge on any atom is -0.481 e. The first-order chi connectivity index (χ1) is 15.2. The van der Waals surface area contributed by atoms with Gasteiger partial charge in [0, 0.05) is 6.54 Å². The molecule has 1 fully saturated rings.